The van der Waals surface area contributed by atoms with Crippen LogP contribution in [0.5, 0.6) is 11.5 Å². The number of carbonyl (C=O) groups is 2. The summed E-state index contributed by atoms with van der Waals surface area (Å²) in [5, 5.41) is 2.92. The summed E-state index contributed by atoms with van der Waals surface area (Å²) in [5.74, 6) is 0.281. The maximum atomic E-state index is 12.7. The third-order valence-corrected chi connectivity index (χ3v) is 6.33. The minimum Gasteiger partial charge on any atom is -0.493 e. The van der Waals surface area contributed by atoms with Crippen molar-refractivity contribution in [2.75, 3.05) is 13.7 Å². The molecule has 3 aromatic carbocycles. The fourth-order valence-electron chi connectivity index (χ4n) is 4.40. The molecule has 4 rings (SSSR count). The summed E-state index contributed by atoms with van der Waals surface area (Å²) < 4.78 is 11.4. The van der Waals surface area contributed by atoms with Crippen LogP contribution in [0.3, 0.4) is 0 Å². The Morgan fingerprint density at radius 3 is 2.50 bits per heavy atom. The summed E-state index contributed by atoms with van der Waals surface area (Å²) in [7, 11) is 1.61. The molecule has 1 amide bonds. The van der Waals surface area contributed by atoms with E-state index in [0.29, 0.717) is 31.1 Å². The fourth-order valence-corrected chi connectivity index (χ4v) is 4.40. The van der Waals surface area contributed by atoms with Crippen LogP contribution in [0.2, 0.25) is 0 Å². The van der Waals surface area contributed by atoms with Crippen molar-refractivity contribution < 1.29 is 19.1 Å². The van der Waals surface area contributed by atoms with Gasteiger partial charge in [-0.3, -0.25) is 4.79 Å². The summed E-state index contributed by atoms with van der Waals surface area (Å²) in [6, 6.07) is 21.8. The predicted octanol–water partition coefficient (Wildman–Crippen LogP) is 4.79. The lowest BCUT2D eigenvalue weighted by atomic mass is 9.87. The average Bonchev–Trinajstić information content (AvgIpc) is 2.88. The van der Waals surface area contributed by atoms with Crippen LogP contribution in [0.25, 0.3) is 0 Å². The van der Waals surface area contributed by atoms with E-state index in [-0.39, 0.29) is 5.91 Å². The van der Waals surface area contributed by atoms with Crippen LogP contribution in [0.1, 0.15) is 46.6 Å². The molecule has 0 saturated heterocycles. The number of carbonyl (C=O) groups excluding carboxylic acids is 2. The minimum atomic E-state index is -0.782. The number of fused-ring (bicyclic) bond motifs is 1. The number of amides is 1. The van der Waals surface area contributed by atoms with Crippen molar-refractivity contribution in [1.82, 2.24) is 5.32 Å². The molecule has 0 aliphatic heterocycles. The lowest BCUT2D eigenvalue weighted by Crippen LogP contribution is -2.32. The van der Waals surface area contributed by atoms with Crippen LogP contribution in [0, 0.1) is 0 Å². The van der Waals surface area contributed by atoms with Crippen LogP contribution < -0.4 is 14.8 Å². The predicted molar refractivity (Wildman–Crippen MR) is 132 cm³/mol. The lowest BCUT2D eigenvalue weighted by molar-refractivity contribution is -0.125. The molecule has 1 N–H and O–H groups in total. The number of aryl methyl sites for hydroxylation is 2. The SMILES string of the molecule is COc1cc(CCNC(=O)C(C=O)c2ccc3c(c2)CCCC3)ccc1OCc1ccccc1. The highest BCUT2D eigenvalue weighted by atomic mass is 16.5. The Morgan fingerprint density at radius 2 is 1.74 bits per heavy atom. The highest BCUT2D eigenvalue weighted by Crippen LogP contribution is 2.29. The van der Waals surface area contributed by atoms with Gasteiger partial charge in [0.1, 0.15) is 18.8 Å². The first kappa shape index (κ1) is 23.6. The van der Waals surface area contributed by atoms with Crippen molar-refractivity contribution >= 4 is 12.2 Å². The van der Waals surface area contributed by atoms with Crippen molar-refractivity contribution in [2.45, 2.75) is 44.6 Å². The van der Waals surface area contributed by atoms with Crippen LogP contribution in [-0.2, 0) is 35.5 Å². The molecule has 0 radical (unpaired) electrons. The van der Waals surface area contributed by atoms with E-state index in [0.717, 1.165) is 42.2 Å². The number of rotatable bonds is 10. The monoisotopic (exact) mass is 457 g/mol. The first-order chi connectivity index (χ1) is 16.7. The fraction of sp³-hybridized carbons (Fsp3) is 0.310. The molecule has 0 saturated carbocycles. The summed E-state index contributed by atoms with van der Waals surface area (Å²) in [5.41, 5.74) is 5.48. The highest BCUT2D eigenvalue weighted by molar-refractivity contribution is 5.97. The number of benzene rings is 3. The van der Waals surface area contributed by atoms with E-state index in [1.165, 1.54) is 17.5 Å². The van der Waals surface area contributed by atoms with Gasteiger partial charge in [-0.2, -0.15) is 0 Å². The van der Waals surface area contributed by atoms with Gasteiger partial charge in [-0.15, -0.1) is 0 Å². The number of aldehydes is 1. The van der Waals surface area contributed by atoms with Crippen LogP contribution in [-0.4, -0.2) is 25.8 Å². The zero-order valence-electron chi connectivity index (χ0n) is 19.6. The molecule has 3 aromatic rings. The van der Waals surface area contributed by atoms with Gasteiger partial charge in [-0.05, 0) is 72.1 Å². The van der Waals surface area contributed by atoms with Gasteiger partial charge in [-0.1, -0.05) is 54.6 Å². The zero-order valence-corrected chi connectivity index (χ0v) is 19.6. The average molecular weight is 458 g/mol. The van der Waals surface area contributed by atoms with Gasteiger partial charge in [0.2, 0.25) is 5.91 Å². The van der Waals surface area contributed by atoms with Crippen molar-refractivity contribution in [3.8, 4) is 11.5 Å². The largest absolute Gasteiger partial charge is 0.493 e. The number of hydrogen-bond acceptors (Lipinski definition) is 4. The minimum absolute atomic E-state index is 0.263. The molecule has 1 unspecified atom stereocenters. The molecule has 0 spiro atoms. The molecule has 0 bridgehead atoms. The Morgan fingerprint density at radius 1 is 0.941 bits per heavy atom. The molecule has 176 valence electrons. The van der Waals surface area contributed by atoms with Crippen LogP contribution in [0.15, 0.2) is 66.7 Å². The Hall–Kier alpha value is -3.60. The van der Waals surface area contributed by atoms with Crippen molar-refractivity contribution in [1.29, 1.82) is 0 Å². The molecule has 1 aliphatic carbocycles. The van der Waals surface area contributed by atoms with Gasteiger partial charge in [0.05, 0.1) is 7.11 Å². The third kappa shape index (κ3) is 5.84. The summed E-state index contributed by atoms with van der Waals surface area (Å²) in [6.45, 7) is 0.893. The van der Waals surface area contributed by atoms with E-state index in [4.69, 9.17) is 9.47 Å². The number of ether oxygens (including phenoxy) is 2. The molecule has 0 fully saturated rings. The normalized spacial score (nSPS) is 13.4. The van der Waals surface area contributed by atoms with E-state index in [9.17, 15) is 9.59 Å². The van der Waals surface area contributed by atoms with Gasteiger partial charge < -0.3 is 19.6 Å². The van der Waals surface area contributed by atoms with Gasteiger partial charge in [-0.25, -0.2) is 0 Å². The molecule has 5 heteroatoms. The second-order valence-corrected chi connectivity index (χ2v) is 8.65. The standard InChI is InChI=1S/C29H31NO4/c1-33-28-17-21(11-14-27(28)34-20-22-7-3-2-4-8-22)15-16-30-29(32)26(19-31)25-13-12-23-9-5-6-10-24(23)18-25/h2-4,7-8,11-14,17-19,26H,5-6,9-10,15-16,20H2,1H3,(H,30,32). The van der Waals surface area contributed by atoms with E-state index in [2.05, 4.69) is 11.4 Å². The van der Waals surface area contributed by atoms with Crippen molar-refractivity contribution in [3.63, 3.8) is 0 Å². The number of methoxy groups -OCH3 is 1. The third-order valence-electron chi connectivity index (χ3n) is 6.33. The van der Waals surface area contributed by atoms with E-state index in [1.54, 1.807) is 7.11 Å². The lowest BCUT2D eigenvalue weighted by Gasteiger charge is -2.18. The summed E-state index contributed by atoms with van der Waals surface area (Å²) in [4.78, 5) is 24.5. The van der Waals surface area contributed by atoms with E-state index in [1.807, 2.05) is 60.7 Å². The highest BCUT2D eigenvalue weighted by Gasteiger charge is 2.21. The Balaban J connectivity index is 1.33. The molecule has 1 atom stereocenters. The number of hydrogen-bond donors (Lipinski definition) is 1. The maximum absolute atomic E-state index is 12.7. The van der Waals surface area contributed by atoms with E-state index < -0.39 is 5.92 Å². The Kier molecular flexibility index (Phi) is 7.97. The van der Waals surface area contributed by atoms with Crippen LogP contribution >= 0.6 is 0 Å². The molecule has 5 nitrogen and oxygen atoms in total. The molecular formula is C29H31NO4. The van der Waals surface area contributed by atoms with Gasteiger partial charge >= 0.3 is 0 Å². The van der Waals surface area contributed by atoms with Gasteiger partial charge in [0.25, 0.3) is 0 Å². The Labute approximate surface area is 201 Å². The quantitative estimate of drug-likeness (QED) is 0.351. The van der Waals surface area contributed by atoms with Gasteiger partial charge in [0.15, 0.2) is 11.5 Å². The maximum Gasteiger partial charge on any atom is 0.234 e. The molecule has 0 aromatic heterocycles. The second kappa shape index (κ2) is 11.5. The smallest absolute Gasteiger partial charge is 0.234 e. The van der Waals surface area contributed by atoms with Crippen molar-refractivity contribution in [3.05, 3.63) is 94.5 Å². The molecular weight excluding hydrogens is 426 g/mol. The first-order valence-corrected chi connectivity index (χ1v) is 11.9. The summed E-state index contributed by atoms with van der Waals surface area (Å²) >= 11 is 0. The first-order valence-electron chi connectivity index (χ1n) is 11.9. The summed E-state index contributed by atoms with van der Waals surface area (Å²) in [6.07, 6.45) is 5.82. The van der Waals surface area contributed by atoms with Crippen LogP contribution in [0.4, 0.5) is 0 Å². The van der Waals surface area contributed by atoms with E-state index >= 15 is 0 Å². The van der Waals surface area contributed by atoms with Gasteiger partial charge in [0, 0.05) is 6.54 Å². The second-order valence-electron chi connectivity index (χ2n) is 8.65. The Bertz CT molecular complexity index is 1130. The van der Waals surface area contributed by atoms with Crippen molar-refractivity contribution in [2.24, 2.45) is 0 Å². The zero-order chi connectivity index (χ0) is 23.8. The topological polar surface area (TPSA) is 64.6 Å². The number of nitrogens with one attached hydrogen (secondary N) is 1. The molecule has 34 heavy (non-hydrogen) atoms. The molecule has 1 aliphatic rings. The molecule has 0 heterocycles.